The molecule has 1 heterocycles. The van der Waals surface area contributed by atoms with Gasteiger partial charge in [-0.3, -0.25) is 14.5 Å². The van der Waals surface area contributed by atoms with E-state index in [1.807, 2.05) is 24.3 Å². The molecule has 0 bridgehead atoms. The van der Waals surface area contributed by atoms with E-state index in [0.29, 0.717) is 11.1 Å². The highest BCUT2D eigenvalue weighted by Gasteiger charge is 2.49. The molecule has 0 aromatic heterocycles. The van der Waals surface area contributed by atoms with Crippen molar-refractivity contribution in [2.45, 2.75) is 38.8 Å². The number of rotatable bonds is 7. The molecule has 6 nitrogen and oxygen atoms in total. The summed E-state index contributed by atoms with van der Waals surface area (Å²) in [5.74, 6) is -1.46. The number of aryl methyl sites for hydroxylation is 1. The Morgan fingerprint density at radius 3 is 2.48 bits per heavy atom. The number of imide groups is 1. The molecule has 3 rings (SSSR count). The highest BCUT2D eigenvalue weighted by atomic mass is 19.1. The normalized spacial score (nSPS) is 18.7. The minimum atomic E-state index is -1.23. The van der Waals surface area contributed by atoms with Crippen molar-refractivity contribution in [2.24, 2.45) is 0 Å². The summed E-state index contributed by atoms with van der Waals surface area (Å²) in [7, 11) is 0. The predicted octanol–water partition coefficient (Wildman–Crippen LogP) is 2.86. The van der Waals surface area contributed by atoms with Crippen molar-refractivity contribution in [1.29, 1.82) is 0 Å². The van der Waals surface area contributed by atoms with Crippen molar-refractivity contribution >= 4 is 17.8 Å². The van der Waals surface area contributed by atoms with E-state index in [-0.39, 0.29) is 6.54 Å². The van der Waals surface area contributed by atoms with Crippen molar-refractivity contribution in [2.75, 3.05) is 6.54 Å². The first kappa shape index (κ1) is 20.5. The summed E-state index contributed by atoms with van der Waals surface area (Å²) in [6.45, 7) is 3.26. The minimum absolute atomic E-state index is 0.0225. The number of hydrogen-bond donors (Lipinski definition) is 2. The number of amides is 4. The van der Waals surface area contributed by atoms with E-state index < -0.39 is 35.7 Å². The van der Waals surface area contributed by atoms with Gasteiger partial charge in [0.1, 0.15) is 17.9 Å². The Hall–Kier alpha value is -3.22. The molecule has 1 aliphatic heterocycles. The molecule has 7 heteroatoms. The van der Waals surface area contributed by atoms with Crippen LogP contribution in [-0.2, 0) is 28.1 Å². The maximum atomic E-state index is 13.7. The summed E-state index contributed by atoms with van der Waals surface area (Å²) in [5, 5.41) is 5.23. The van der Waals surface area contributed by atoms with E-state index >= 15 is 0 Å². The molecule has 0 aliphatic carbocycles. The fraction of sp³-hybridized carbons (Fsp3) is 0.318. The second kappa shape index (κ2) is 8.43. The van der Waals surface area contributed by atoms with Crippen LogP contribution in [0.25, 0.3) is 0 Å². The van der Waals surface area contributed by atoms with Gasteiger partial charge in [0.25, 0.3) is 5.91 Å². The van der Waals surface area contributed by atoms with Crippen molar-refractivity contribution in [3.05, 3.63) is 71.0 Å². The zero-order valence-electron chi connectivity index (χ0n) is 16.5. The first-order valence-corrected chi connectivity index (χ1v) is 9.58. The van der Waals surface area contributed by atoms with Crippen LogP contribution in [0.1, 0.15) is 37.0 Å². The highest BCUT2D eigenvalue weighted by molar-refractivity contribution is 6.09. The maximum Gasteiger partial charge on any atom is 0.325 e. The van der Waals surface area contributed by atoms with Gasteiger partial charge in [0.05, 0.1) is 0 Å². The van der Waals surface area contributed by atoms with Crippen molar-refractivity contribution in [3.8, 4) is 0 Å². The Balaban J connectivity index is 1.66. The van der Waals surface area contributed by atoms with E-state index in [9.17, 15) is 18.8 Å². The van der Waals surface area contributed by atoms with Gasteiger partial charge >= 0.3 is 6.03 Å². The average Bonchev–Trinajstić information content (AvgIpc) is 2.92. The lowest BCUT2D eigenvalue weighted by atomic mass is 9.91. The number of halogens is 1. The number of carbonyl (C=O) groups is 3. The van der Waals surface area contributed by atoms with Crippen LogP contribution in [0.15, 0.2) is 48.5 Å². The van der Waals surface area contributed by atoms with Gasteiger partial charge in [-0.2, -0.15) is 0 Å². The third kappa shape index (κ3) is 4.29. The predicted molar refractivity (Wildman–Crippen MR) is 106 cm³/mol. The summed E-state index contributed by atoms with van der Waals surface area (Å²) in [6, 6.07) is 13.0. The molecule has 0 unspecified atom stereocenters. The Kier molecular flexibility index (Phi) is 5.96. The lowest BCUT2D eigenvalue weighted by molar-refractivity contribution is -0.134. The molecule has 2 aromatic carbocycles. The summed E-state index contributed by atoms with van der Waals surface area (Å²) in [5.41, 5.74) is 0.911. The van der Waals surface area contributed by atoms with Gasteiger partial charge < -0.3 is 10.6 Å². The fourth-order valence-corrected chi connectivity index (χ4v) is 3.36. The van der Waals surface area contributed by atoms with E-state index in [1.54, 1.807) is 25.1 Å². The van der Waals surface area contributed by atoms with Crippen LogP contribution in [0.5, 0.6) is 0 Å². The lowest BCUT2D eigenvalue weighted by Gasteiger charge is -2.22. The Morgan fingerprint density at radius 1 is 1.14 bits per heavy atom. The molecule has 4 amide bonds. The standard InChI is InChI=1S/C22H24FN3O3/c1-3-6-15-9-11-17(12-10-15)22(2)20(28)26(21(29)25-22)14-19(27)24-13-16-7-4-5-8-18(16)23/h4-5,7-12H,3,6,13-14H2,1-2H3,(H,24,27)(H,25,29)/t22-/m1/s1. The average molecular weight is 397 g/mol. The Morgan fingerprint density at radius 2 is 1.83 bits per heavy atom. The molecule has 1 saturated heterocycles. The van der Waals surface area contributed by atoms with Gasteiger partial charge in [0.15, 0.2) is 0 Å². The Bertz CT molecular complexity index is 929. The summed E-state index contributed by atoms with van der Waals surface area (Å²) < 4.78 is 13.7. The first-order chi connectivity index (χ1) is 13.8. The second-order valence-electron chi connectivity index (χ2n) is 7.26. The Labute approximate surface area is 169 Å². The lowest BCUT2D eigenvalue weighted by Crippen LogP contribution is -2.43. The number of urea groups is 1. The van der Waals surface area contributed by atoms with Crippen LogP contribution in [-0.4, -0.2) is 29.3 Å². The van der Waals surface area contributed by atoms with Crippen LogP contribution >= 0.6 is 0 Å². The van der Waals surface area contributed by atoms with Gasteiger partial charge in [0.2, 0.25) is 5.91 Å². The third-order valence-electron chi connectivity index (χ3n) is 5.08. The molecule has 0 spiro atoms. The second-order valence-corrected chi connectivity index (χ2v) is 7.26. The molecule has 0 saturated carbocycles. The summed E-state index contributed by atoms with van der Waals surface area (Å²) >= 11 is 0. The first-order valence-electron chi connectivity index (χ1n) is 9.58. The van der Waals surface area contributed by atoms with Gasteiger partial charge in [0, 0.05) is 12.1 Å². The fourth-order valence-electron chi connectivity index (χ4n) is 3.36. The smallest absolute Gasteiger partial charge is 0.325 e. The molecular formula is C22H24FN3O3. The zero-order chi connectivity index (χ0) is 21.0. The van der Waals surface area contributed by atoms with Crippen LogP contribution in [0.3, 0.4) is 0 Å². The quantitative estimate of drug-likeness (QED) is 0.705. The van der Waals surface area contributed by atoms with Gasteiger partial charge in [-0.1, -0.05) is 55.8 Å². The number of nitrogens with zero attached hydrogens (tertiary/aromatic N) is 1. The molecule has 1 aliphatic rings. The van der Waals surface area contributed by atoms with E-state index in [2.05, 4.69) is 17.6 Å². The van der Waals surface area contributed by atoms with E-state index in [1.165, 1.54) is 6.07 Å². The van der Waals surface area contributed by atoms with Crippen molar-refractivity contribution in [1.82, 2.24) is 15.5 Å². The third-order valence-corrected chi connectivity index (χ3v) is 5.08. The summed E-state index contributed by atoms with van der Waals surface area (Å²) in [6.07, 6.45) is 1.95. The molecule has 1 atom stereocenters. The minimum Gasteiger partial charge on any atom is -0.350 e. The van der Waals surface area contributed by atoms with Crippen LogP contribution in [0, 0.1) is 5.82 Å². The largest absolute Gasteiger partial charge is 0.350 e. The van der Waals surface area contributed by atoms with Crippen molar-refractivity contribution < 1.29 is 18.8 Å². The molecule has 152 valence electrons. The molecule has 0 radical (unpaired) electrons. The molecular weight excluding hydrogens is 373 g/mol. The summed E-state index contributed by atoms with van der Waals surface area (Å²) in [4.78, 5) is 38.4. The number of nitrogens with one attached hydrogen (secondary N) is 2. The topological polar surface area (TPSA) is 78.5 Å². The van der Waals surface area contributed by atoms with Gasteiger partial charge in [-0.05, 0) is 30.5 Å². The molecule has 1 fully saturated rings. The van der Waals surface area contributed by atoms with Crippen LogP contribution in [0.2, 0.25) is 0 Å². The number of carbonyl (C=O) groups excluding carboxylic acids is 3. The molecule has 29 heavy (non-hydrogen) atoms. The van der Waals surface area contributed by atoms with Gasteiger partial charge in [-0.25, -0.2) is 9.18 Å². The SMILES string of the molecule is CCCc1ccc([C@@]2(C)NC(=O)N(CC(=O)NCc3ccccc3F)C2=O)cc1. The number of benzene rings is 2. The van der Waals surface area contributed by atoms with Crippen molar-refractivity contribution in [3.63, 3.8) is 0 Å². The monoisotopic (exact) mass is 397 g/mol. The van der Waals surface area contributed by atoms with Gasteiger partial charge in [-0.15, -0.1) is 0 Å². The number of hydrogen-bond acceptors (Lipinski definition) is 3. The van der Waals surface area contributed by atoms with Crippen LogP contribution < -0.4 is 10.6 Å². The highest BCUT2D eigenvalue weighted by Crippen LogP contribution is 2.29. The van der Waals surface area contributed by atoms with E-state index in [0.717, 1.165) is 23.3 Å². The maximum absolute atomic E-state index is 13.7. The zero-order valence-corrected chi connectivity index (χ0v) is 16.5. The molecule has 2 N–H and O–H groups in total. The van der Waals surface area contributed by atoms with E-state index in [4.69, 9.17) is 0 Å². The molecule has 2 aromatic rings. The van der Waals surface area contributed by atoms with Crippen LogP contribution in [0.4, 0.5) is 9.18 Å².